The van der Waals surface area contributed by atoms with Gasteiger partial charge in [-0.25, -0.2) is 0 Å². The van der Waals surface area contributed by atoms with Gasteiger partial charge < -0.3 is 10.4 Å². The van der Waals surface area contributed by atoms with E-state index in [-0.39, 0.29) is 11.1 Å². The lowest BCUT2D eigenvalue weighted by Crippen LogP contribution is -2.30. The normalized spacial score (nSPS) is 13.3. The van der Waals surface area contributed by atoms with Crippen LogP contribution in [0, 0.1) is 15.5 Å². The third-order valence-corrected chi connectivity index (χ3v) is 2.48. The number of non-ortho nitro benzene ring substituents is 1. The van der Waals surface area contributed by atoms with Crippen LogP contribution in [-0.4, -0.2) is 23.1 Å². The molecule has 0 amide bonds. The number of rotatable bonds is 5. The van der Waals surface area contributed by atoms with Gasteiger partial charge in [0.15, 0.2) is 0 Å². The lowest BCUT2D eigenvalue weighted by atomic mass is 9.97. The first-order valence-corrected chi connectivity index (χ1v) is 5.93. The number of benzene rings is 1. The Labute approximate surface area is 107 Å². The van der Waals surface area contributed by atoms with E-state index in [0.717, 1.165) is 6.54 Å². The Kier molecular flexibility index (Phi) is 4.81. The fraction of sp³-hybridized carbons (Fsp3) is 0.538. The third kappa shape index (κ3) is 4.81. The summed E-state index contributed by atoms with van der Waals surface area (Å²) in [6.07, 6.45) is -0.645. The van der Waals surface area contributed by atoms with Crippen molar-refractivity contribution in [2.24, 2.45) is 5.41 Å². The molecule has 0 aromatic heterocycles. The molecule has 2 N–H and O–H groups in total. The summed E-state index contributed by atoms with van der Waals surface area (Å²) in [6, 6.07) is 5.98. The first-order valence-electron chi connectivity index (χ1n) is 5.93. The first-order chi connectivity index (χ1) is 8.29. The molecular weight excluding hydrogens is 232 g/mol. The number of nitrogens with one attached hydrogen (secondary N) is 1. The van der Waals surface area contributed by atoms with E-state index in [1.54, 1.807) is 12.1 Å². The van der Waals surface area contributed by atoms with Crippen LogP contribution in [0.3, 0.4) is 0 Å². The predicted molar refractivity (Wildman–Crippen MR) is 70.4 cm³/mol. The highest BCUT2D eigenvalue weighted by atomic mass is 16.6. The Balaban J connectivity index is 2.51. The number of hydrogen-bond donors (Lipinski definition) is 2. The molecule has 0 aliphatic rings. The molecule has 0 radical (unpaired) electrons. The van der Waals surface area contributed by atoms with Crippen LogP contribution in [0.25, 0.3) is 0 Å². The van der Waals surface area contributed by atoms with Gasteiger partial charge >= 0.3 is 0 Å². The topological polar surface area (TPSA) is 75.4 Å². The van der Waals surface area contributed by atoms with Crippen LogP contribution in [0.1, 0.15) is 32.4 Å². The second-order valence-corrected chi connectivity index (χ2v) is 5.56. The number of nitro benzene ring substituents is 1. The zero-order valence-corrected chi connectivity index (χ0v) is 11.0. The molecule has 0 heterocycles. The van der Waals surface area contributed by atoms with Gasteiger partial charge in [-0.2, -0.15) is 0 Å². The zero-order valence-electron chi connectivity index (χ0n) is 11.0. The van der Waals surface area contributed by atoms with Gasteiger partial charge in [0.1, 0.15) is 0 Å². The van der Waals surface area contributed by atoms with Crippen molar-refractivity contribution in [1.82, 2.24) is 5.32 Å². The minimum Gasteiger partial charge on any atom is -0.387 e. The Morgan fingerprint density at radius 2 is 1.89 bits per heavy atom. The summed E-state index contributed by atoms with van der Waals surface area (Å²) in [5, 5.41) is 23.6. The number of nitrogens with zero attached hydrogens (tertiary/aromatic N) is 1. The van der Waals surface area contributed by atoms with Gasteiger partial charge in [0, 0.05) is 25.2 Å². The molecule has 0 spiro atoms. The Morgan fingerprint density at radius 3 is 2.33 bits per heavy atom. The van der Waals surface area contributed by atoms with Gasteiger partial charge in [-0.05, 0) is 23.1 Å². The quantitative estimate of drug-likeness (QED) is 0.622. The second kappa shape index (κ2) is 5.93. The summed E-state index contributed by atoms with van der Waals surface area (Å²) >= 11 is 0. The van der Waals surface area contributed by atoms with E-state index in [4.69, 9.17) is 0 Å². The maximum absolute atomic E-state index is 10.5. The average molecular weight is 252 g/mol. The van der Waals surface area contributed by atoms with Crippen molar-refractivity contribution in [3.05, 3.63) is 39.9 Å². The van der Waals surface area contributed by atoms with Crippen molar-refractivity contribution in [3.8, 4) is 0 Å². The lowest BCUT2D eigenvalue weighted by molar-refractivity contribution is -0.384. The molecule has 0 bridgehead atoms. The summed E-state index contributed by atoms with van der Waals surface area (Å²) in [4.78, 5) is 10.0. The van der Waals surface area contributed by atoms with E-state index in [2.05, 4.69) is 26.1 Å². The van der Waals surface area contributed by atoms with Crippen molar-refractivity contribution in [2.45, 2.75) is 26.9 Å². The summed E-state index contributed by atoms with van der Waals surface area (Å²) in [5.41, 5.74) is 0.880. The minimum absolute atomic E-state index is 0.0357. The zero-order chi connectivity index (χ0) is 13.8. The number of hydrogen-bond acceptors (Lipinski definition) is 4. The fourth-order valence-corrected chi connectivity index (χ4v) is 1.52. The fourth-order valence-electron chi connectivity index (χ4n) is 1.52. The van der Waals surface area contributed by atoms with Gasteiger partial charge in [-0.1, -0.05) is 20.8 Å². The summed E-state index contributed by atoms with van der Waals surface area (Å²) in [5.74, 6) is 0. The molecule has 0 saturated carbocycles. The molecule has 0 saturated heterocycles. The van der Waals surface area contributed by atoms with Crippen molar-refractivity contribution in [3.63, 3.8) is 0 Å². The van der Waals surface area contributed by atoms with Crippen LogP contribution in [-0.2, 0) is 0 Å². The Bertz CT molecular complexity index is 396. The predicted octanol–water partition coefficient (Wildman–Crippen LogP) is 2.26. The molecule has 1 rings (SSSR count). The van der Waals surface area contributed by atoms with Crippen LogP contribution < -0.4 is 5.32 Å². The van der Waals surface area contributed by atoms with Gasteiger partial charge in [0.2, 0.25) is 0 Å². The minimum atomic E-state index is -0.645. The van der Waals surface area contributed by atoms with Crippen LogP contribution in [0.2, 0.25) is 0 Å². The van der Waals surface area contributed by atoms with Gasteiger partial charge in [-0.15, -0.1) is 0 Å². The maximum Gasteiger partial charge on any atom is 0.269 e. The van der Waals surface area contributed by atoms with Gasteiger partial charge in [0.25, 0.3) is 5.69 Å². The van der Waals surface area contributed by atoms with E-state index in [1.165, 1.54) is 12.1 Å². The highest BCUT2D eigenvalue weighted by molar-refractivity contribution is 5.33. The van der Waals surface area contributed by atoms with E-state index < -0.39 is 11.0 Å². The molecule has 0 aliphatic heterocycles. The van der Waals surface area contributed by atoms with E-state index in [0.29, 0.717) is 12.1 Å². The molecule has 0 fully saturated rings. The van der Waals surface area contributed by atoms with Gasteiger partial charge in [-0.3, -0.25) is 10.1 Å². The van der Waals surface area contributed by atoms with Crippen molar-refractivity contribution >= 4 is 5.69 Å². The smallest absolute Gasteiger partial charge is 0.269 e. The number of aliphatic hydroxyl groups is 1. The van der Waals surface area contributed by atoms with Crippen LogP contribution in [0.4, 0.5) is 5.69 Å². The monoisotopic (exact) mass is 252 g/mol. The highest BCUT2D eigenvalue weighted by Gasteiger charge is 2.13. The standard InChI is InChI=1S/C13H20N2O3/c1-13(2,3)9-14-8-12(16)10-4-6-11(7-5-10)15(17)18/h4-7,12,14,16H,8-9H2,1-3H3. The first kappa shape index (κ1) is 14.6. The molecule has 1 unspecified atom stereocenters. The average Bonchev–Trinajstić information content (AvgIpc) is 2.27. The summed E-state index contributed by atoms with van der Waals surface area (Å²) in [7, 11) is 0. The molecule has 5 heteroatoms. The van der Waals surface area contributed by atoms with Crippen LogP contribution in [0.5, 0.6) is 0 Å². The molecule has 18 heavy (non-hydrogen) atoms. The Hall–Kier alpha value is -1.46. The van der Waals surface area contributed by atoms with E-state index in [9.17, 15) is 15.2 Å². The van der Waals surface area contributed by atoms with E-state index >= 15 is 0 Å². The SMILES string of the molecule is CC(C)(C)CNCC(O)c1ccc([N+](=O)[O-])cc1. The third-order valence-electron chi connectivity index (χ3n) is 2.48. The molecule has 0 aliphatic carbocycles. The number of nitro groups is 1. The van der Waals surface area contributed by atoms with Crippen LogP contribution in [0.15, 0.2) is 24.3 Å². The molecule has 1 atom stereocenters. The van der Waals surface area contributed by atoms with Gasteiger partial charge in [0.05, 0.1) is 11.0 Å². The molecule has 5 nitrogen and oxygen atoms in total. The second-order valence-electron chi connectivity index (χ2n) is 5.56. The van der Waals surface area contributed by atoms with Crippen molar-refractivity contribution in [1.29, 1.82) is 0 Å². The molecule has 100 valence electrons. The summed E-state index contributed by atoms with van der Waals surface area (Å²) < 4.78 is 0. The lowest BCUT2D eigenvalue weighted by Gasteiger charge is -2.20. The molecule has 1 aromatic rings. The van der Waals surface area contributed by atoms with E-state index in [1.807, 2.05) is 0 Å². The maximum atomic E-state index is 10.5. The number of aliphatic hydroxyl groups excluding tert-OH is 1. The summed E-state index contributed by atoms with van der Waals surface area (Å²) in [6.45, 7) is 7.57. The van der Waals surface area contributed by atoms with Crippen molar-refractivity contribution < 1.29 is 10.0 Å². The molecular formula is C13H20N2O3. The highest BCUT2D eigenvalue weighted by Crippen LogP contribution is 2.17. The Morgan fingerprint density at radius 1 is 1.33 bits per heavy atom. The van der Waals surface area contributed by atoms with Crippen LogP contribution >= 0.6 is 0 Å². The largest absolute Gasteiger partial charge is 0.387 e. The van der Waals surface area contributed by atoms with Crippen molar-refractivity contribution in [2.75, 3.05) is 13.1 Å². The molecule has 1 aromatic carbocycles.